The number of allylic oxidation sites excluding steroid dienone is 1. The molecule has 0 N–H and O–H groups in total. The third-order valence-corrected chi connectivity index (χ3v) is 8.12. The summed E-state index contributed by atoms with van der Waals surface area (Å²) in [5.74, 6) is 0.561. The quantitative estimate of drug-likeness (QED) is 0.325. The Hall–Kier alpha value is -3.03. The van der Waals surface area contributed by atoms with E-state index >= 15 is 0 Å². The first-order valence-electron chi connectivity index (χ1n) is 13.6. The van der Waals surface area contributed by atoms with E-state index in [9.17, 15) is 22.4 Å². The van der Waals surface area contributed by atoms with E-state index in [1.165, 1.54) is 13.2 Å². The van der Waals surface area contributed by atoms with Crippen molar-refractivity contribution in [1.82, 2.24) is 4.90 Å². The third-order valence-electron chi connectivity index (χ3n) is 8.12. The predicted octanol–water partition coefficient (Wildman–Crippen LogP) is 8.83. The molecule has 3 atom stereocenters. The first-order valence-corrected chi connectivity index (χ1v) is 13.6. The second-order valence-electron chi connectivity index (χ2n) is 11.1. The second kappa shape index (κ2) is 11.2. The van der Waals surface area contributed by atoms with Gasteiger partial charge < -0.3 is 9.47 Å². The summed E-state index contributed by atoms with van der Waals surface area (Å²) in [4.78, 5) is 14.7. The number of methoxy groups -OCH3 is 1. The molecule has 1 saturated heterocycles. The van der Waals surface area contributed by atoms with Gasteiger partial charge in [-0.2, -0.15) is 13.2 Å². The molecule has 0 aromatic heterocycles. The van der Waals surface area contributed by atoms with Gasteiger partial charge in [0.15, 0.2) is 0 Å². The van der Waals surface area contributed by atoms with Crippen molar-refractivity contribution in [3.05, 3.63) is 69.5 Å². The zero-order chi connectivity index (χ0) is 28.6. The number of carbonyl (C=O) groups is 1. The van der Waals surface area contributed by atoms with Gasteiger partial charge in [0.1, 0.15) is 17.7 Å². The lowest BCUT2D eigenvalue weighted by atomic mass is 9.79. The van der Waals surface area contributed by atoms with Gasteiger partial charge in [-0.05, 0) is 85.4 Å². The summed E-state index contributed by atoms with van der Waals surface area (Å²) in [6, 6.07) is 6.62. The Morgan fingerprint density at radius 2 is 1.87 bits per heavy atom. The van der Waals surface area contributed by atoms with Crippen molar-refractivity contribution in [2.24, 2.45) is 5.92 Å². The summed E-state index contributed by atoms with van der Waals surface area (Å²) in [5.41, 5.74) is 3.55. The molecular weight excluding hydrogens is 510 g/mol. The molecule has 1 aliphatic heterocycles. The molecule has 8 heteroatoms. The summed E-state index contributed by atoms with van der Waals surface area (Å²) >= 11 is 0. The third kappa shape index (κ3) is 5.94. The van der Waals surface area contributed by atoms with Crippen LogP contribution in [-0.4, -0.2) is 30.7 Å². The summed E-state index contributed by atoms with van der Waals surface area (Å²) in [6.07, 6.45) is -2.37. The molecule has 1 heterocycles. The van der Waals surface area contributed by atoms with Gasteiger partial charge in [0, 0.05) is 18.2 Å². The Kier molecular flexibility index (Phi) is 8.33. The Balaban J connectivity index is 1.72. The molecule has 2 aromatic rings. The highest BCUT2D eigenvalue weighted by Gasteiger charge is 2.42. The summed E-state index contributed by atoms with van der Waals surface area (Å²) in [7, 11) is 1.52. The predicted molar refractivity (Wildman–Crippen MR) is 143 cm³/mol. The Labute approximate surface area is 228 Å². The van der Waals surface area contributed by atoms with Gasteiger partial charge in [0.05, 0.1) is 18.7 Å². The van der Waals surface area contributed by atoms with Gasteiger partial charge in [0.2, 0.25) is 0 Å². The van der Waals surface area contributed by atoms with E-state index in [-0.39, 0.29) is 18.3 Å². The molecule has 4 rings (SSSR count). The minimum absolute atomic E-state index is 0.0176. The summed E-state index contributed by atoms with van der Waals surface area (Å²) in [5, 5.41) is 0. The van der Waals surface area contributed by atoms with Crippen LogP contribution in [0.1, 0.15) is 93.2 Å². The average molecular weight is 548 g/mol. The lowest BCUT2D eigenvalue weighted by Gasteiger charge is -2.31. The monoisotopic (exact) mass is 547 g/mol. The normalized spacial score (nSPS) is 22.1. The number of hydrogen-bond acceptors (Lipinski definition) is 3. The molecule has 1 unspecified atom stereocenters. The molecule has 0 spiro atoms. The highest BCUT2D eigenvalue weighted by atomic mass is 19.4. The number of benzene rings is 2. The van der Waals surface area contributed by atoms with Crippen molar-refractivity contribution in [3.8, 4) is 5.75 Å². The first-order chi connectivity index (χ1) is 18.3. The molecule has 1 aliphatic carbocycles. The largest absolute Gasteiger partial charge is 0.496 e. The van der Waals surface area contributed by atoms with Gasteiger partial charge in [-0.15, -0.1) is 0 Å². The SMILES string of the molecule is CCC1CCC(c2cc(C(C)C)c(F)cc2OC)=C(CN2C(=O)O[C@H](c3cc(C)cc(C(F)(F)F)c3)[C@@H]2C)C1. The smallest absolute Gasteiger partial charge is 0.416 e. The van der Waals surface area contributed by atoms with E-state index in [0.29, 0.717) is 28.4 Å². The minimum Gasteiger partial charge on any atom is -0.496 e. The van der Waals surface area contributed by atoms with Crippen molar-refractivity contribution < 1.29 is 31.8 Å². The number of amides is 1. The van der Waals surface area contributed by atoms with Crippen molar-refractivity contribution >= 4 is 11.7 Å². The van der Waals surface area contributed by atoms with Gasteiger partial charge in [-0.1, -0.05) is 38.8 Å². The molecule has 1 amide bonds. The van der Waals surface area contributed by atoms with Crippen LogP contribution in [0.4, 0.5) is 22.4 Å². The Morgan fingerprint density at radius 1 is 1.15 bits per heavy atom. The van der Waals surface area contributed by atoms with Crippen LogP contribution in [-0.2, 0) is 10.9 Å². The number of nitrogens with zero attached hydrogens (tertiary/aromatic N) is 1. The van der Waals surface area contributed by atoms with Crippen LogP contribution in [0.3, 0.4) is 0 Å². The summed E-state index contributed by atoms with van der Waals surface area (Å²) in [6.45, 7) is 9.72. The van der Waals surface area contributed by atoms with Crippen LogP contribution in [0.5, 0.6) is 5.75 Å². The molecular formula is C31H37F4NO3. The average Bonchev–Trinajstić information content (AvgIpc) is 3.15. The minimum atomic E-state index is -4.49. The molecule has 0 saturated carbocycles. The maximum Gasteiger partial charge on any atom is 0.416 e. The highest BCUT2D eigenvalue weighted by molar-refractivity contribution is 5.77. The lowest BCUT2D eigenvalue weighted by Crippen LogP contribution is -2.35. The number of alkyl halides is 3. The van der Waals surface area contributed by atoms with Crippen molar-refractivity contribution in [3.63, 3.8) is 0 Å². The van der Waals surface area contributed by atoms with Crippen LogP contribution in [0.15, 0.2) is 35.9 Å². The van der Waals surface area contributed by atoms with Crippen LogP contribution >= 0.6 is 0 Å². The van der Waals surface area contributed by atoms with Crippen molar-refractivity contribution in [1.29, 1.82) is 0 Å². The second-order valence-corrected chi connectivity index (χ2v) is 11.1. The Bertz CT molecular complexity index is 1270. The molecule has 39 heavy (non-hydrogen) atoms. The van der Waals surface area contributed by atoms with Crippen LogP contribution in [0, 0.1) is 18.7 Å². The van der Waals surface area contributed by atoms with E-state index in [2.05, 4.69) is 6.92 Å². The molecule has 0 bridgehead atoms. The fraction of sp³-hybridized carbons (Fsp3) is 0.516. The molecule has 4 nitrogen and oxygen atoms in total. The molecule has 0 radical (unpaired) electrons. The standard InChI is InChI=1S/C31H37F4NO3/c1-7-20-8-9-24(26-14-25(17(2)3)27(32)15-28(26)38-6)22(12-20)16-36-19(5)29(39-30(36)37)21-10-18(4)11-23(13-21)31(33,34)35/h10-11,13-15,17,19-20,29H,7-9,12,16H2,1-6H3/t19-,20?,29-/m0/s1. The van der Waals surface area contributed by atoms with Gasteiger partial charge >= 0.3 is 12.3 Å². The zero-order valence-electron chi connectivity index (χ0n) is 23.4. The zero-order valence-corrected chi connectivity index (χ0v) is 23.4. The van der Waals surface area contributed by atoms with Crippen molar-refractivity contribution in [2.45, 2.75) is 84.5 Å². The van der Waals surface area contributed by atoms with Gasteiger partial charge in [0.25, 0.3) is 0 Å². The highest BCUT2D eigenvalue weighted by Crippen LogP contribution is 2.44. The molecule has 212 valence electrons. The number of cyclic esters (lactones) is 1. The molecule has 1 fully saturated rings. The maximum atomic E-state index is 14.8. The lowest BCUT2D eigenvalue weighted by molar-refractivity contribution is -0.137. The van der Waals surface area contributed by atoms with E-state index in [4.69, 9.17) is 9.47 Å². The number of halogens is 4. The van der Waals surface area contributed by atoms with Gasteiger partial charge in [-0.3, -0.25) is 4.90 Å². The van der Waals surface area contributed by atoms with E-state index in [1.807, 2.05) is 19.9 Å². The van der Waals surface area contributed by atoms with E-state index in [0.717, 1.165) is 54.5 Å². The van der Waals surface area contributed by atoms with Crippen LogP contribution in [0.2, 0.25) is 0 Å². The van der Waals surface area contributed by atoms with E-state index in [1.54, 1.807) is 24.8 Å². The van der Waals surface area contributed by atoms with Gasteiger partial charge in [-0.25, -0.2) is 9.18 Å². The fourth-order valence-electron chi connectivity index (χ4n) is 5.86. The number of aryl methyl sites for hydroxylation is 1. The van der Waals surface area contributed by atoms with Crippen LogP contribution < -0.4 is 4.74 Å². The fourth-order valence-corrected chi connectivity index (χ4v) is 5.86. The van der Waals surface area contributed by atoms with Crippen LogP contribution in [0.25, 0.3) is 5.57 Å². The number of rotatable bonds is 7. The molecule has 2 aliphatic rings. The summed E-state index contributed by atoms with van der Waals surface area (Å²) < 4.78 is 66.5. The first kappa shape index (κ1) is 29.0. The van der Waals surface area contributed by atoms with E-state index < -0.39 is 30.0 Å². The maximum absolute atomic E-state index is 14.8. The number of hydrogen-bond donors (Lipinski definition) is 0. The number of ether oxygens (including phenoxy) is 2. The topological polar surface area (TPSA) is 38.8 Å². The molecule has 2 aromatic carbocycles. The number of carbonyl (C=O) groups excluding carboxylic acids is 1. The Morgan fingerprint density at radius 3 is 2.49 bits per heavy atom. The van der Waals surface area contributed by atoms with Crippen molar-refractivity contribution in [2.75, 3.05) is 13.7 Å².